The number of rotatable bonds is 5. The molecule has 1 aliphatic carbocycles. The molecule has 0 aliphatic heterocycles. The highest BCUT2D eigenvalue weighted by Crippen LogP contribution is 2.30. The van der Waals surface area contributed by atoms with Crippen molar-refractivity contribution in [3.63, 3.8) is 0 Å². The smallest absolute Gasteiger partial charge is 0.224 e. The summed E-state index contributed by atoms with van der Waals surface area (Å²) in [6, 6.07) is 9.87. The lowest BCUT2D eigenvalue weighted by Gasteiger charge is -2.30. The fourth-order valence-electron chi connectivity index (χ4n) is 2.85. The summed E-state index contributed by atoms with van der Waals surface area (Å²) in [4.78, 5) is 11.9. The molecule has 0 radical (unpaired) electrons. The second kappa shape index (κ2) is 7.54. The maximum absolute atomic E-state index is 11.9. The van der Waals surface area contributed by atoms with E-state index in [1.165, 1.54) is 25.7 Å². The molecule has 19 heavy (non-hydrogen) atoms. The van der Waals surface area contributed by atoms with E-state index in [0.717, 1.165) is 18.0 Å². The Labute approximate surface area is 120 Å². The van der Waals surface area contributed by atoms with Gasteiger partial charge in [0.2, 0.25) is 5.91 Å². The summed E-state index contributed by atoms with van der Waals surface area (Å²) in [6.07, 6.45) is 5.43. The van der Waals surface area contributed by atoms with Crippen LogP contribution in [0.5, 0.6) is 0 Å². The van der Waals surface area contributed by atoms with Crippen molar-refractivity contribution in [2.24, 2.45) is 11.8 Å². The van der Waals surface area contributed by atoms with E-state index in [4.69, 9.17) is 11.6 Å². The number of amides is 1. The standard InChI is InChI=1S/C16H22ClNO/c17-11-14-8-4-5-9-15(14)12-18-16(19)10-13-6-2-1-3-7-13/h1-3,6-7,14-15H,4-5,8-12H2,(H,18,19). The van der Waals surface area contributed by atoms with E-state index in [-0.39, 0.29) is 5.91 Å². The molecule has 2 atom stereocenters. The maximum atomic E-state index is 11.9. The Bertz CT molecular complexity index is 393. The van der Waals surface area contributed by atoms with E-state index in [0.29, 0.717) is 18.3 Å². The number of carbonyl (C=O) groups is 1. The minimum absolute atomic E-state index is 0.116. The number of hydrogen-bond acceptors (Lipinski definition) is 1. The molecule has 104 valence electrons. The van der Waals surface area contributed by atoms with Gasteiger partial charge < -0.3 is 5.32 Å². The van der Waals surface area contributed by atoms with Gasteiger partial charge in [-0.2, -0.15) is 0 Å². The molecule has 2 unspecified atom stereocenters. The van der Waals surface area contributed by atoms with Crippen molar-refractivity contribution >= 4 is 17.5 Å². The van der Waals surface area contributed by atoms with Gasteiger partial charge in [-0.25, -0.2) is 0 Å². The third-order valence-corrected chi connectivity index (χ3v) is 4.43. The Balaban J connectivity index is 1.76. The summed E-state index contributed by atoms with van der Waals surface area (Å²) < 4.78 is 0. The monoisotopic (exact) mass is 279 g/mol. The van der Waals surface area contributed by atoms with E-state index in [1.54, 1.807) is 0 Å². The van der Waals surface area contributed by atoms with Gasteiger partial charge in [0.05, 0.1) is 6.42 Å². The van der Waals surface area contributed by atoms with Crippen molar-refractivity contribution in [1.82, 2.24) is 5.32 Å². The zero-order valence-corrected chi connectivity index (χ0v) is 12.0. The Hall–Kier alpha value is -1.02. The van der Waals surface area contributed by atoms with Crippen molar-refractivity contribution < 1.29 is 4.79 Å². The third kappa shape index (κ3) is 4.54. The minimum Gasteiger partial charge on any atom is -0.356 e. The fraction of sp³-hybridized carbons (Fsp3) is 0.562. The second-order valence-corrected chi connectivity index (χ2v) is 5.73. The van der Waals surface area contributed by atoms with Crippen molar-refractivity contribution in [3.05, 3.63) is 35.9 Å². The molecule has 1 aliphatic rings. The normalized spacial score (nSPS) is 23.0. The molecule has 1 N–H and O–H groups in total. The van der Waals surface area contributed by atoms with Gasteiger partial charge in [-0.05, 0) is 30.2 Å². The van der Waals surface area contributed by atoms with Crippen LogP contribution in [0.4, 0.5) is 0 Å². The molecule has 0 aromatic heterocycles. The zero-order valence-electron chi connectivity index (χ0n) is 11.3. The third-order valence-electron chi connectivity index (χ3n) is 4.03. The Morgan fingerprint density at radius 2 is 1.84 bits per heavy atom. The van der Waals surface area contributed by atoms with Gasteiger partial charge in [-0.1, -0.05) is 43.2 Å². The van der Waals surface area contributed by atoms with Gasteiger partial charge in [-0.3, -0.25) is 4.79 Å². The number of hydrogen-bond donors (Lipinski definition) is 1. The summed E-state index contributed by atoms with van der Waals surface area (Å²) in [6.45, 7) is 0.781. The lowest BCUT2D eigenvalue weighted by molar-refractivity contribution is -0.120. The Morgan fingerprint density at radius 3 is 2.53 bits per heavy atom. The molecule has 0 heterocycles. The van der Waals surface area contributed by atoms with Crippen LogP contribution in [0.25, 0.3) is 0 Å². The van der Waals surface area contributed by atoms with Crippen LogP contribution in [0.2, 0.25) is 0 Å². The topological polar surface area (TPSA) is 29.1 Å². The van der Waals surface area contributed by atoms with E-state index < -0.39 is 0 Å². The maximum Gasteiger partial charge on any atom is 0.224 e. The predicted molar refractivity (Wildman–Crippen MR) is 79.3 cm³/mol. The molecule has 1 aromatic rings. The number of nitrogens with one attached hydrogen (secondary N) is 1. The van der Waals surface area contributed by atoms with E-state index in [1.807, 2.05) is 30.3 Å². The van der Waals surface area contributed by atoms with Crippen LogP contribution >= 0.6 is 11.6 Å². The number of carbonyl (C=O) groups excluding carboxylic acids is 1. The first-order chi connectivity index (χ1) is 9.29. The number of benzene rings is 1. The molecule has 2 rings (SSSR count). The Morgan fingerprint density at radius 1 is 1.16 bits per heavy atom. The molecule has 0 spiro atoms. The van der Waals surface area contributed by atoms with Gasteiger partial charge in [0.1, 0.15) is 0 Å². The van der Waals surface area contributed by atoms with E-state index in [9.17, 15) is 4.79 Å². The zero-order chi connectivity index (χ0) is 13.5. The molecule has 1 fully saturated rings. The summed E-state index contributed by atoms with van der Waals surface area (Å²) in [5.74, 6) is 1.97. The Kier molecular flexibility index (Phi) is 5.71. The average molecular weight is 280 g/mol. The van der Waals surface area contributed by atoms with Crippen LogP contribution in [-0.4, -0.2) is 18.3 Å². The highest BCUT2D eigenvalue weighted by atomic mass is 35.5. The van der Waals surface area contributed by atoms with E-state index in [2.05, 4.69) is 5.32 Å². The van der Waals surface area contributed by atoms with Gasteiger partial charge in [-0.15, -0.1) is 11.6 Å². The van der Waals surface area contributed by atoms with Crippen LogP contribution in [0.1, 0.15) is 31.2 Å². The predicted octanol–water partition coefficient (Wildman–Crippen LogP) is 3.39. The molecule has 1 aromatic carbocycles. The molecular weight excluding hydrogens is 258 g/mol. The summed E-state index contributed by atoms with van der Waals surface area (Å²) in [7, 11) is 0. The quantitative estimate of drug-likeness (QED) is 0.823. The van der Waals surface area contributed by atoms with Gasteiger partial charge in [0, 0.05) is 12.4 Å². The van der Waals surface area contributed by atoms with Crippen LogP contribution in [0.3, 0.4) is 0 Å². The van der Waals surface area contributed by atoms with Crippen LogP contribution in [-0.2, 0) is 11.2 Å². The minimum atomic E-state index is 0.116. The van der Waals surface area contributed by atoms with Crippen LogP contribution < -0.4 is 5.32 Å². The summed E-state index contributed by atoms with van der Waals surface area (Å²) in [5, 5.41) is 3.07. The molecule has 2 nitrogen and oxygen atoms in total. The van der Waals surface area contributed by atoms with Gasteiger partial charge in [0.15, 0.2) is 0 Å². The first-order valence-electron chi connectivity index (χ1n) is 7.16. The number of halogens is 1. The van der Waals surface area contributed by atoms with Crippen LogP contribution in [0, 0.1) is 11.8 Å². The second-order valence-electron chi connectivity index (χ2n) is 5.43. The van der Waals surface area contributed by atoms with Crippen molar-refractivity contribution in [3.8, 4) is 0 Å². The van der Waals surface area contributed by atoms with Crippen LogP contribution in [0.15, 0.2) is 30.3 Å². The summed E-state index contributed by atoms with van der Waals surface area (Å²) >= 11 is 6.01. The molecule has 3 heteroatoms. The molecule has 0 saturated heterocycles. The fourth-order valence-corrected chi connectivity index (χ4v) is 3.25. The van der Waals surface area contributed by atoms with Gasteiger partial charge >= 0.3 is 0 Å². The summed E-state index contributed by atoms with van der Waals surface area (Å²) in [5.41, 5.74) is 1.07. The molecule has 0 bridgehead atoms. The van der Waals surface area contributed by atoms with E-state index >= 15 is 0 Å². The molecule has 1 saturated carbocycles. The largest absolute Gasteiger partial charge is 0.356 e. The first-order valence-corrected chi connectivity index (χ1v) is 7.69. The SMILES string of the molecule is O=C(Cc1ccccc1)NCC1CCCCC1CCl. The van der Waals surface area contributed by atoms with Crippen molar-refractivity contribution in [1.29, 1.82) is 0 Å². The highest BCUT2D eigenvalue weighted by molar-refractivity contribution is 6.18. The average Bonchev–Trinajstić information content (AvgIpc) is 2.46. The lowest BCUT2D eigenvalue weighted by Crippen LogP contribution is -2.35. The first kappa shape index (κ1) is 14.4. The number of alkyl halides is 1. The van der Waals surface area contributed by atoms with Crippen molar-refractivity contribution in [2.45, 2.75) is 32.1 Å². The van der Waals surface area contributed by atoms with Gasteiger partial charge in [0.25, 0.3) is 0 Å². The van der Waals surface area contributed by atoms with Crippen molar-refractivity contribution in [2.75, 3.05) is 12.4 Å². The molecular formula is C16H22ClNO. The molecule has 1 amide bonds. The highest BCUT2D eigenvalue weighted by Gasteiger charge is 2.24. The lowest BCUT2D eigenvalue weighted by atomic mass is 9.80.